The molecule has 0 aliphatic carbocycles. The molecule has 0 radical (unpaired) electrons. The molecule has 0 aliphatic heterocycles. The van der Waals surface area contributed by atoms with Crippen LogP contribution in [0.15, 0.2) is 152 Å². The molecule has 5 rings (SSSR count). The molecule has 0 N–H and O–H groups in total. The van der Waals surface area contributed by atoms with E-state index in [2.05, 4.69) is 159 Å². The Morgan fingerprint density at radius 3 is 1.00 bits per heavy atom. The van der Waals surface area contributed by atoms with Crippen molar-refractivity contribution in [3.05, 3.63) is 152 Å². The molecular formula is C32H29ClPSe+. The molecule has 0 heterocycles. The van der Waals surface area contributed by atoms with Gasteiger partial charge in [-0.05, 0) is 0 Å². The molecule has 5 aromatic carbocycles. The minimum atomic E-state index is -3.02. The Kier molecular flexibility index (Phi) is 7.24. The average Bonchev–Trinajstić information content (AvgIpc) is 2.96. The first kappa shape index (κ1) is 24.1. The van der Waals surface area contributed by atoms with Crippen LogP contribution in [0.4, 0.5) is 0 Å². The van der Waals surface area contributed by atoms with Crippen LogP contribution in [0.3, 0.4) is 0 Å². The number of hydrogen-bond donors (Lipinski definition) is 0. The Balaban J connectivity index is 1.89. The fourth-order valence-corrected chi connectivity index (χ4v) is 23.4. The standard InChI is InChI=1S/C32H29ClPSe/c1-27(35(33,31-23-13-5-14-24-31)32-25-15-6-16-26-32)34(28-17-7-2-8-18-28,29-19-9-3-10-20-29)30-21-11-4-12-22-30/h2-27H,1H3/q+1. The summed E-state index contributed by atoms with van der Waals surface area (Å²) in [4.78, 5) is 0. The molecule has 0 aliphatic rings. The molecule has 0 aromatic heterocycles. The Hall–Kier alpha value is -2.66. The number of benzene rings is 5. The zero-order valence-electron chi connectivity index (χ0n) is 19.7. The average molecular weight is 559 g/mol. The van der Waals surface area contributed by atoms with Gasteiger partial charge in [-0.2, -0.15) is 0 Å². The van der Waals surface area contributed by atoms with Crippen molar-refractivity contribution < 1.29 is 0 Å². The molecule has 0 saturated carbocycles. The Morgan fingerprint density at radius 2 is 0.714 bits per heavy atom. The van der Waals surface area contributed by atoms with Gasteiger partial charge in [-0.15, -0.1) is 0 Å². The maximum absolute atomic E-state index is 8.16. The van der Waals surface area contributed by atoms with Crippen molar-refractivity contribution in [3.63, 3.8) is 0 Å². The predicted octanol–water partition coefficient (Wildman–Crippen LogP) is 5.91. The third-order valence-corrected chi connectivity index (χ3v) is 24.6. The van der Waals surface area contributed by atoms with Gasteiger partial charge in [0.25, 0.3) is 0 Å². The Morgan fingerprint density at radius 1 is 0.457 bits per heavy atom. The van der Waals surface area contributed by atoms with Crippen LogP contribution >= 0.6 is 17.4 Å². The summed E-state index contributed by atoms with van der Waals surface area (Å²) in [5.41, 5.74) is 0. The van der Waals surface area contributed by atoms with Crippen molar-refractivity contribution in [3.8, 4) is 0 Å². The van der Waals surface area contributed by atoms with Crippen LogP contribution in [0.5, 0.6) is 0 Å². The fourth-order valence-electron chi connectivity index (χ4n) is 5.05. The number of hydrogen-bond acceptors (Lipinski definition) is 0. The SMILES string of the molecule is CC([P+](c1ccccc1)(c1ccccc1)c1ccccc1)[Se](Cl)(c1ccccc1)c1ccccc1. The molecular weight excluding hydrogens is 530 g/mol. The van der Waals surface area contributed by atoms with E-state index < -0.39 is 19.2 Å². The zero-order chi connectivity index (χ0) is 24.1. The van der Waals surface area contributed by atoms with Crippen LogP contribution in [0.25, 0.3) is 0 Å². The van der Waals surface area contributed by atoms with Crippen LogP contribution in [0.1, 0.15) is 6.92 Å². The molecule has 0 spiro atoms. The van der Waals surface area contributed by atoms with E-state index in [0.29, 0.717) is 0 Å². The Bertz CT molecular complexity index is 1210. The van der Waals surface area contributed by atoms with Crippen LogP contribution in [-0.4, -0.2) is 16.5 Å². The minimum absolute atomic E-state index is 0.206. The van der Waals surface area contributed by atoms with E-state index in [9.17, 15) is 0 Å². The Labute approximate surface area is 216 Å². The second-order valence-corrected chi connectivity index (χ2v) is 21.5. The summed E-state index contributed by atoms with van der Waals surface area (Å²) in [6, 6.07) is 54.9. The third kappa shape index (κ3) is 4.29. The first-order chi connectivity index (χ1) is 17.2. The second-order valence-electron chi connectivity index (χ2n) is 8.54. The molecule has 0 saturated heterocycles. The molecule has 5 aromatic rings. The summed E-state index contributed by atoms with van der Waals surface area (Å²) < 4.78 is 2.75. The van der Waals surface area contributed by atoms with Crippen molar-refractivity contribution in [1.82, 2.24) is 0 Å². The van der Waals surface area contributed by atoms with Gasteiger partial charge in [0.1, 0.15) is 0 Å². The predicted molar refractivity (Wildman–Crippen MR) is 158 cm³/mol. The summed E-state index contributed by atoms with van der Waals surface area (Å²) in [7, 11) is 6.00. The van der Waals surface area contributed by atoms with Crippen molar-refractivity contribution in [2.24, 2.45) is 0 Å². The molecule has 35 heavy (non-hydrogen) atoms. The van der Waals surface area contributed by atoms with Crippen molar-refractivity contribution in [1.29, 1.82) is 0 Å². The molecule has 0 fully saturated rings. The summed E-state index contributed by atoms with van der Waals surface area (Å²) in [6.07, 6.45) is 0. The molecule has 3 heteroatoms. The van der Waals surface area contributed by atoms with Crippen LogP contribution in [-0.2, 0) is 0 Å². The zero-order valence-corrected chi connectivity index (χ0v) is 23.1. The topological polar surface area (TPSA) is 0 Å². The van der Waals surface area contributed by atoms with Crippen molar-refractivity contribution >= 4 is 54.1 Å². The first-order valence-corrected chi connectivity index (χ1v) is 18.7. The molecule has 0 nitrogen and oxygen atoms in total. The monoisotopic (exact) mass is 559 g/mol. The molecule has 1 unspecified atom stereocenters. The summed E-state index contributed by atoms with van der Waals surface area (Å²) in [6.45, 7) is 2.42. The van der Waals surface area contributed by atoms with E-state index in [0.717, 1.165) is 0 Å². The summed E-state index contributed by atoms with van der Waals surface area (Å²) in [5, 5.41) is 4.12. The van der Waals surface area contributed by atoms with E-state index in [1.807, 2.05) is 0 Å². The normalized spacial score (nSPS) is 13.2. The van der Waals surface area contributed by atoms with E-state index in [1.165, 1.54) is 24.8 Å². The van der Waals surface area contributed by atoms with Crippen LogP contribution < -0.4 is 24.8 Å². The number of rotatable bonds is 7. The van der Waals surface area contributed by atoms with Gasteiger partial charge < -0.3 is 0 Å². The van der Waals surface area contributed by atoms with E-state index >= 15 is 0 Å². The van der Waals surface area contributed by atoms with Gasteiger partial charge in [0.15, 0.2) is 0 Å². The molecule has 1 atom stereocenters. The van der Waals surface area contributed by atoms with Gasteiger partial charge in [-0.1, -0.05) is 0 Å². The van der Waals surface area contributed by atoms with Gasteiger partial charge in [-0.3, -0.25) is 0 Å². The van der Waals surface area contributed by atoms with Gasteiger partial charge in [0.05, 0.1) is 0 Å². The van der Waals surface area contributed by atoms with Crippen molar-refractivity contribution in [2.75, 3.05) is 0 Å². The summed E-state index contributed by atoms with van der Waals surface area (Å²) in [5.74, 6) is 0. The van der Waals surface area contributed by atoms with Crippen molar-refractivity contribution in [2.45, 2.75) is 11.5 Å². The van der Waals surface area contributed by atoms with Gasteiger partial charge in [0.2, 0.25) is 0 Å². The maximum atomic E-state index is 8.16. The van der Waals surface area contributed by atoms with Gasteiger partial charge >= 0.3 is 217 Å². The second kappa shape index (κ2) is 10.5. The fraction of sp³-hybridized carbons (Fsp3) is 0.0625. The van der Waals surface area contributed by atoms with Gasteiger partial charge in [-0.25, -0.2) is 0 Å². The molecule has 0 bridgehead atoms. The van der Waals surface area contributed by atoms with E-state index in [1.54, 1.807) is 0 Å². The van der Waals surface area contributed by atoms with Crippen LogP contribution in [0.2, 0.25) is 0 Å². The van der Waals surface area contributed by atoms with Gasteiger partial charge in [0, 0.05) is 0 Å². The molecule has 174 valence electrons. The first-order valence-electron chi connectivity index (χ1n) is 11.9. The quantitative estimate of drug-likeness (QED) is 0.172. The van der Waals surface area contributed by atoms with E-state index in [-0.39, 0.29) is 4.56 Å². The molecule has 0 amide bonds. The summed E-state index contributed by atoms with van der Waals surface area (Å²) >= 11 is -3.02. The van der Waals surface area contributed by atoms with E-state index in [4.69, 9.17) is 10.1 Å². The third-order valence-electron chi connectivity index (χ3n) is 6.68. The number of halogens is 1. The van der Waals surface area contributed by atoms with Crippen LogP contribution in [0, 0.1) is 0 Å².